The van der Waals surface area contributed by atoms with Crippen molar-refractivity contribution in [1.29, 1.82) is 0 Å². The molecular formula is C21H25N3O2. The molecule has 1 aromatic heterocycles. The second-order valence-electron chi connectivity index (χ2n) is 6.78. The van der Waals surface area contributed by atoms with E-state index in [1.165, 1.54) is 0 Å². The van der Waals surface area contributed by atoms with Gasteiger partial charge in [0.25, 0.3) is 0 Å². The van der Waals surface area contributed by atoms with Crippen LogP contribution in [0.4, 0.5) is 0 Å². The summed E-state index contributed by atoms with van der Waals surface area (Å²) >= 11 is 0. The van der Waals surface area contributed by atoms with Gasteiger partial charge in [-0.15, -0.1) is 0 Å². The van der Waals surface area contributed by atoms with Crippen molar-refractivity contribution in [3.05, 3.63) is 65.5 Å². The van der Waals surface area contributed by atoms with Gasteiger partial charge in [-0.05, 0) is 31.5 Å². The number of pyridine rings is 1. The monoisotopic (exact) mass is 351 g/mol. The first-order chi connectivity index (χ1) is 12.6. The molecule has 0 unspecified atom stereocenters. The Kier molecular flexibility index (Phi) is 5.66. The van der Waals surface area contributed by atoms with E-state index in [0.717, 1.165) is 17.0 Å². The molecule has 5 nitrogen and oxygen atoms in total. The van der Waals surface area contributed by atoms with Gasteiger partial charge in [-0.3, -0.25) is 14.6 Å². The van der Waals surface area contributed by atoms with E-state index in [9.17, 15) is 9.59 Å². The van der Waals surface area contributed by atoms with Crippen molar-refractivity contribution in [2.24, 2.45) is 5.92 Å². The summed E-state index contributed by atoms with van der Waals surface area (Å²) in [4.78, 5) is 33.3. The van der Waals surface area contributed by atoms with Gasteiger partial charge in [0.1, 0.15) is 0 Å². The molecule has 26 heavy (non-hydrogen) atoms. The Morgan fingerprint density at radius 1 is 1.15 bits per heavy atom. The molecule has 2 amide bonds. The summed E-state index contributed by atoms with van der Waals surface area (Å²) in [5, 5.41) is 0. The molecule has 1 aliphatic rings. The summed E-state index contributed by atoms with van der Waals surface area (Å²) < 4.78 is 0. The SMILES string of the molecule is CCN1C[C@H](C(=O)N(Cc2ccccc2)Cc2cccc(C)n2)CC1=O. The van der Waals surface area contributed by atoms with E-state index in [-0.39, 0.29) is 17.7 Å². The molecule has 136 valence electrons. The van der Waals surface area contributed by atoms with Crippen LogP contribution in [0.2, 0.25) is 0 Å². The number of amides is 2. The molecule has 2 heterocycles. The van der Waals surface area contributed by atoms with E-state index in [2.05, 4.69) is 4.98 Å². The molecule has 0 aliphatic carbocycles. The maximum Gasteiger partial charge on any atom is 0.228 e. The number of benzene rings is 1. The number of carbonyl (C=O) groups excluding carboxylic acids is 2. The number of aryl methyl sites for hydroxylation is 1. The quantitative estimate of drug-likeness (QED) is 0.804. The summed E-state index contributed by atoms with van der Waals surface area (Å²) in [5.74, 6) is -0.170. The van der Waals surface area contributed by atoms with Crippen molar-refractivity contribution < 1.29 is 9.59 Å². The van der Waals surface area contributed by atoms with Crippen molar-refractivity contribution in [3.63, 3.8) is 0 Å². The predicted molar refractivity (Wildman–Crippen MR) is 100 cm³/mol. The van der Waals surface area contributed by atoms with Gasteiger partial charge >= 0.3 is 0 Å². The smallest absolute Gasteiger partial charge is 0.228 e. The Bertz CT molecular complexity index is 776. The van der Waals surface area contributed by atoms with Gasteiger partial charge in [-0.2, -0.15) is 0 Å². The van der Waals surface area contributed by atoms with E-state index in [1.807, 2.05) is 67.3 Å². The number of hydrogen-bond acceptors (Lipinski definition) is 3. The lowest BCUT2D eigenvalue weighted by molar-refractivity contribution is -0.137. The van der Waals surface area contributed by atoms with Crippen molar-refractivity contribution >= 4 is 11.8 Å². The van der Waals surface area contributed by atoms with Gasteiger partial charge in [-0.1, -0.05) is 36.4 Å². The summed E-state index contributed by atoms with van der Waals surface area (Å²) in [6, 6.07) is 15.8. The lowest BCUT2D eigenvalue weighted by Crippen LogP contribution is -2.37. The van der Waals surface area contributed by atoms with Crippen LogP contribution in [0.15, 0.2) is 48.5 Å². The highest BCUT2D eigenvalue weighted by Gasteiger charge is 2.35. The van der Waals surface area contributed by atoms with Gasteiger partial charge in [0.05, 0.1) is 18.2 Å². The zero-order valence-electron chi connectivity index (χ0n) is 15.4. The minimum Gasteiger partial charge on any atom is -0.342 e. The normalized spacial score (nSPS) is 16.8. The minimum atomic E-state index is -0.268. The Hall–Kier alpha value is -2.69. The Labute approximate surface area is 154 Å². The molecule has 5 heteroatoms. The molecule has 1 saturated heterocycles. The van der Waals surface area contributed by atoms with Crippen LogP contribution < -0.4 is 0 Å². The lowest BCUT2D eigenvalue weighted by atomic mass is 10.1. The number of rotatable bonds is 6. The molecule has 3 rings (SSSR count). The average molecular weight is 351 g/mol. The fourth-order valence-corrected chi connectivity index (χ4v) is 3.40. The topological polar surface area (TPSA) is 53.5 Å². The van der Waals surface area contributed by atoms with E-state index < -0.39 is 0 Å². The Morgan fingerprint density at radius 3 is 2.58 bits per heavy atom. The van der Waals surface area contributed by atoms with E-state index in [0.29, 0.717) is 32.6 Å². The van der Waals surface area contributed by atoms with Gasteiger partial charge in [-0.25, -0.2) is 0 Å². The van der Waals surface area contributed by atoms with E-state index in [1.54, 1.807) is 4.90 Å². The first kappa shape index (κ1) is 18.1. The number of hydrogen-bond donors (Lipinski definition) is 0. The fraction of sp³-hybridized carbons (Fsp3) is 0.381. The van der Waals surface area contributed by atoms with Crippen molar-refractivity contribution in [3.8, 4) is 0 Å². The molecule has 2 aromatic rings. The van der Waals surface area contributed by atoms with Gasteiger partial charge < -0.3 is 9.80 Å². The number of carbonyl (C=O) groups is 2. The maximum absolute atomic E-state index is 13.2. The van der Waals surface area contributed by atoms with Gasteiger partial charge in [0.15, 0.2) is 0 Å². The largest absolute Gasteiger partial charge is 0.342 e. The molecule has 0 N–H and O–H groups in total. The average Bonchev–Trinajstić information content (AvgIpc) is 3.02. The Balaban J connectivity index is 1.80. The molecule has 0 spiro atoms. The second kappa shape index (κ2) is 8.13. The highest BCUT2D eigenvalue weighted by molar-refractivity contribution is 5.89. The number of nitrogens with zero attached hydrogens (tertiary/aromatic N) is 3. The van der Waals surface area contributed by atoms with Crippen LogP contribution >= 0.6 is 0 Å². The third-order valence-electron chi connectivity index (χ3n) is 4.77. The molecule has 0 radical (unpaired) electrons. The molecule has 0 saturated carbocycles. The first-order valence-electron chi connectivity index (χ1n) is 9.10. The predicted octanol–water partition coefficient (Wildman–Crippen LogP) is 2.79. The molecular weight excluding hydrogens is 326 g/mol. The first-order valence-corrected chi connectivity index (χ1v) is 9.10. The van der Waals surface area contributed by atoms with Crippen molar-refractivity contribution in [1.82, 2.24) is 14.8 Å². The van der Waals surface area contributed by atoms with Crippen molar-refractivity contribution in [2.45, 2.75) is 33.4 Å². The van der Waals surface area contributed by atoms with Gasteiger partial charge in [0.2, 0.25) is 11.8 Å². The van der Waals surface area contributed by atoms with Crippen LogP contribution in [0.5, 0.6) is 0 Å². The van der Waals surface area contributed by atoms with Crippen LogP contribution in [-0.2, 0) is 22.7 Å². The molecule has 1 fully saturated rings. The molecule has 1 aliphatic heterocycles. The molecule has 1 aromatic carbocycles. The van der Waals surface area contributed by atoms with Crippen LogP contribution in [0, 0.1) is 12.8 Å². The van der Waals surface area contributed by atoms with Crippen LogP contribution in [0.25, 0.3) is 0 Å². The number of likely N-dealkylation sites (tertiary alicyclic amines) is 1. The van der Waals surface area contributed by atoms with Crippen LogP contribution in [0.1, 0.15) is 30.3 Å². The van der Waals surface area contributed by atoms with E-state index in [4.69, 9.17) is 0 Å². The molecule has 0 bridgehead atoms. The van der Waals surface area contributed by atoms with E-state index >= 15 is 0 Å². The number of aromatic nitrogens is 1. The highest BCUT2D eigenvalue weighted by Crippen LogP contribution is 2.22. The minimum absolute atomic E-state index is 0.0291. The molecule has 1 atom stereocenters. The summed E-state index contributed by atoms with van der Waals surface area (Å²) in [5.41, 5.74) is 2.87. The van der Waals surface area contributed by atoms with Gasteiger partial charge in [0, 0.05) is 31.7 Å². The third kappa shape index (κ3) is 4.28. The lowest BCUT2D eigenvalue weighted by Gasteiger charge is -2.25. The zero-order valence-corrected chi connectivity index (χ0v) is 15.4. The standard InChI is InChI=1S/C21H25N3O2/c1-3-23-14-18(12-20(23)25)21(26)24(13-17-9-5-4-6-10-17)15-19-11-7-8-16(2)22-19/h4-11,18H,3,12-15H2,1-2H3/t18-/m1/s1. The zero-order chi connectivity index (χ0) is 18.5. The van der Waals surface area contributed by atoms with Crippen LogP contribution in [-0.4, -0.2) is 39.7 Å². The highest BCUT2D eigenvalue weighted by atomic mass is 16.2. The van der Waals surface area contributed by atoms with Crippen LogP contribution in [0.3, 0.4) is 0 Å². The summed E-state index contributed by atoms with van der Waals surface area (Å²) in [6.07, 6.45) is 0.305. The fourth-order valence-electron chi connectivity index (χ4n) is 3.40. The maximum atomic E-state index is 13.2. The summed E-state index contributed by atoms with van der Waals surface area (Å²) in [7, 11) is 0. The van der Waals surface area contributed by atoms with Crippen molar-refractivity contribution in [2.75, 3.05) is 13.1 Å². The Morgan fingerprint density at radius 2 is 1.92 bits per heavy atom. The third-order valence-corrected chi connectivity index (χ3v) is 4.77. The summed E-state index contributed by atoms with van der Waals surface area (Å²) in [6.45, 7) is 6.03. The second-order valence-corrected chi connectivity index (χ2v) is 6.78.